The molecule has 1 aliphatic heterocycles. The number of aromatic nitrogens is 3. The van der Waals surface area contributed by atoms with Gasteiger partial charge in [-0.25, -0.2) is 4.79 Å². The van der Waals surface area contributed by atoms with Crippen LogP contribution in [0, 0.1) is 6.92 Å². The third-order valence-electron chi connectivity index (χ3n) is 6.58. The number of rotatable bonds is 4. The van der Waals surface area contributed by atoms with Crippen molar-refractivity contribution < 1.29 is 4.79 Å². The van der Waals surface area contributed by atoms with Crippen LogP contribution in [0.4, 0.5) is 11.6 Å². The van der Waals surface area contributed by atoms with Gasteiger partial charge in [-0.2, -0.15) is 0 Å². The van der Waals surface area contributed by atoms with E-state index in [1.54, 1.807) is 12.1 Å². The zero-order valence-electron chi connectivity index (χ0n) is 19.0. The van der Waals surface area contributed by atoms with Crippen molar-refractivity contribution in [2.24, 2.45) is 0 Å². The Morgan fingerprint density at radius 3 is 2.34 bits per heavy atom. The number of anilines is 2. The summed E-state index contributed by atoms with van der Waals surface area (Å²) in [4.78, 5) is 46.0. The molecule has 0 bridgehead atoms. The van der Waals surface area contributed by atoms with Crippen molar-refractivity contribution in [2.75, 3.05) is 5.32 Å². The maximum Gasteiger partial charge on any atom is 0.330 e. The summed E-state index contributed by atoms with van der Waals surface area (Å²) in [6.07, 6.45) is 0. The van der Waals surface area contributed by atoms with Gasteiger partial charge in [0.05, 0.1) is 18.0 Å². The number of hydrogen-bond acceptors (Lipinski definition) is 4. The van der Waals surface area contributed by atoms with Crippen LogP contribution in [-0.2, 0) is 6.54 Å². The molecule has 0 amide bonds. The summed E-state index contributed by atoms with van der Waals surface area (Å²) in [5, 5.41) is 4.13. The first kappa shape index (κ1) is 20.9. The minimum absolute atomic E-state index is 0.200. The molecule has 172 valence electrons. The quantitative estimate of drug-likeness (QED) is 0.344. The minimum atomic E-state index is -0.883. The second kappa shape index (κ2) is 7.99. The van der Waals surface area contributed by atoms with E-state index in [0.29, 0.717) is 22.8 Å². The van der Waals surface area contributed by atoms with E-state index in [4.69, 9.17) is 0 Å². The summed E-state index contributed by atoms with van der Waals surface area (Å²) < 4.78 is 1.48. The monoisotopic (exact) mass is 462 g/mol. The molecular weight excluding hydrogens is 440 g/mol. The molecule has 3 aromatic carbocycles. The van der Waals surface area contributed by atoms with E-state index in [9.17, 15) is 14.4 Å². The van der Waals surface area contributed by atoms with Crippen LogP contribution in [0.2, 0.25) is 0 Å². The molecule has 0 saturated carbocycles. The van der Waals surface area contributed by atoms with Crippen molar-refractivity contribution in [1.29, 1.82) is 0 Å². The Balaban J connectivity index is 1.62. The lowest BCUT2D eigenvalue weighted by molar-refractivity contribution is 0.0973. The van der Waals surface area contributed by atoms with Crippen LogP contribution in [0.1, 0.15) is 38.5 Å². The van der Waals surface area contributed by atoms with Crippen molar-refractivity contribution in [1.82, 2.24) is 14.5 Å². The standard InChI is InChI=1S/C28H22N4O3/c1-16-11-13-18(14-12-16)24(33)22-21-19-9-5-6-10-20(19)29-25(21)30-26-23(22)27(34)31-28(35)32(26)15-17-7-3-2-4-8-17/h2-14,22,29-30H,15H2,1H3,(H,31,34,35). The van der Waals surface area contributed by atoms with Gasteiger partial charge >= 0.3 is 5.69 Å². The van der Waals surface area contributed by atoms with Gasteiger partial charge in [0.2, 0.25) is 0 Å². The minimum Gasteiger partial charge on any atom is -0.341 e. The number of Topliss-reactive ketones (excluding diaryl/α,β-unsaturated/α-hetero) is 1. The van der Waals surface area contributed by atoms with Gasteiger partial charge in [-0.1, -0.05) is 78.4 Å². The molecule has 1 atom stereocenters. The fourth-order valence-corrected chi connectivity index (χ4v) is 4.88. The molecule has 1 aliphatic rings. The number of nitrogens with zero attached hydrogens (tertiary/aromatic N) is 1. The van der Waals surface area contributed by atoms with Crippen molar-refractivity contribution in [3.8, 4) is 0 Å². The number of benzene rings is 3. The van der Waals surface area contributed by atoms with Crippen molar-refractivity contribution in [2.45, 2.75) is 19.4 Å². The number of carbonyl (C=O) groups excluding carboxylic acids is 1. The first-order valence-corrected chi connectivity index (χ1v) is 11.4. The molecule has 35 heavy (non-hydrogen) atoms. The van der Waals surface area contributed by atoms with Crippen LogP contribution < -0.4 is 16.6 Å². The van der Waals surface area contributed by atoms with Gasteiger partial charge in [0.15, 0.2) is 5.78 Å². The van der Waals surface area contributed by atoms with Gasteiger partial charge in [0.1, 0.15) is 11.6 Å². The zero-order valence-corrected chi connectivity index (χ0v) is 19.0. The lowest BCUT2D eigenvalue weighted by atomic mass is 9.82. The molecule has 0 saturated heterocycles. The number of para-hydroxylation sites is 1. The highest BCUT2D eigenvalue weighted by molar-refractivity contribution is 6.09. The lowest BCUT2D eigenvalue weighted by Crippen LogP contribution is -2.38. The highest BCUT2D eigenvalue weighted by Gasteiger charge is 2.38. The average molecular weight is 463 g/mol. The van der Waals surface area contributed by atoms with E-state index in [1.807, 2.05) is 73.7 Å². The summed E-state index contributed by atoms with van der Waals surface area (Å²) in [5.74, 6) is -0.149. The summed E-state index contributed by atoms with van der Waals surface area (Å²) in [5.41, 5.74) is 3.12. The summed E-state index contributed by atoms with van der Waals surface area (Å²) in [7, 11) is 0. The molecule has 3 heterocycles. The molecule has 7 heteroatoms. The van der Waals surface area contributed by atoms with Crippen LogP contribution in [0.3, 0.4) is 0 Å². The molecule has 0 radical (unpaired) electrons. The van der Waals surface area contributed by atoms with Crippen LogP contribution in [0.25, 0.3) is 10.9 Å². The Morgan fingerprint density at radius 1 is 0.857 bits per heavy atom. The van der Waals surface area contributed by atoms with Gasteiger partial charge in [0, 0.05) is 22.0 Å². The van der Waals surface area contributed by atoms with E-state index >= 15 is 0 Å². The molecular formula is C28H22N4O3. The summed E-state index contributed by atoms with van der Waals surface area (Å²) in [6.45, 7) is 2.20. The largest absolute Gasteiger partial charge is 0.341 e. The molecule has 6 rings (SSSR count). The second-order valence-corrected chi connectivity index (χ2v) is 8.84. The first-order chi connectivity index (χ1) is 17.0. The van der Waals surface area contributed by atoms with E-state index < -0.39 is 17.2 Å². The van der Waals surface area contributed by atoms with Gasteiger partial charge in [0.25, 0.3) is 5.56 Å². The molecule has 2 aromatic heterocycles. The second-order valence-electron chi connectivity index (χ2n) is 8.84. The Kier molecular flexibility index (Phi) is 4.77. The smallest absolute Gasteiger partial charge is 0.330 e. The Hall–Kier alpha value is -4.65. The summed E-state index contributed by atoms with van der Waals surface area (Å²) >= 11 is 0. The normalized spacial score (nSPS) is 14.3. The van der Waals surface area contributed by atoms with Crippen LogP contribution in [0.15, 0.2) is 88.5 Å². The number of H-pyrrole nitrogens is 2. The number of carbonyl (C=O) groups is 1. The SMILES string of the molecule is Cc1ccc(C(=O)C2c3c(n(Cc4ccccc4)c(=O)[nH]c3=O)Nc3[nH]c4ccccc4c32)cc1. The van der Waals surface area contributed by atoms with Gasteiger partial charge in [-0.3, -0.25) is 19.1 Å². The number of aryl methyl sites for hydroxylation is 1. The number of hydrogen-bond donors (Lipinski definition) is 3. The van der Waals surface area contributed by atoms with Crippen molar-refractivity contribution >= 4 is 28.3 Å². The van der Waals surface area contributed by atoms with Gasteiger partial charge in [-0.15, -0.1) is 0 Å². The molecule has 7 nitrogen and oxygen atoms in total. The predicted molar refractivity (Wildman–Crippen MR) is 136 cm³/mol. The van der Waals surface area contributed by atoms with E-state index in [-0.39, 0.29) is 17.9 Å². The number of ketones is 1. The van der Waals surface area contributed by atoms with Crippen molar-refractivity contribution in [3.63, 3.8) is 0 Å². The number of aromatic amines is 2. The maximum absolute atomic E-state index is 14.0. The Labute approximate surface area is 200 Å². The van der Waals surface area contributed by atoms with Crippen LogP contribution in [-0.4, -0.2) is 20.3 Å². The van der Waals surface area contributed by atoms with E-state index in [1.165, 1.54) is 4.57 Å². The molecule has 3 N–H and O–H groups in total. The molecule has 5 aromatic rings. The summed E-state index contributed by atoms with van der Waals surface area (Å²) in [6, 6.07) is 24.5. The third kappa shape index (κ3) is 3.40. The highest BCUT2D eigenvalue weighted by atomic mass is 16.2. The number of nitrogens with one attached hydrogen (secondary N) is 3. The zero-order chi connectivity index (χ0) is 24.1. The molecule has 0 fully saturated rings. The Morgan fingerprint density at radius 2 is 1.57 bits per heavy atom. The average Bonchev–Trinajstić information content (AvgIpc) is 3.24. The van der Waals surface area contributed by atoms with Crippen LogP contribution >= 0.6 is 0 Å². The predicted octanol–water partition coefficient (Wildman–Crippen LogP) is 4.45. The van der Waals surface area contributed by atoms with E-state index in [2.05, 4.69) is 15.3 Å². The van der Waals surface area contributed by atoms with Gasteiger partial charge < -0.3 is 10.3 Å². The maximum atomic E-state index is 14.0. The van der Waals surface area contributed by atoms with E-state index in [0.717, 1.165) is 22.0 Å². The first-order valence-electron chi connectivity index (χ1n) is 11.4. The fourth-order valence-electron chi connectivity index (χ4n) is 4.88. The third-order valence-corrected chi connectivity index (χ3v) is 6.58. The van der Waals surface area contributed by atoms with Crippen LogP contribution in [0.5, 0.6) is 0 Å². The highest BCUT2D eigenvalue weighted by Crippen LogP contribution is 2.44. The Bertz CT molecular complexity index is 1710. The van der Waals surface area contributed by atoms with Gasteiger partial charge in [-0.05, 0) is 18.6 Å². The topological polar surface area (TPSA) is 99.8 Å². The van der Waals surface area contributed by atoms with Crippen molar-refractivity contribution in [3.05, 3.63) is 128 Å². The lowest BCUT2D eigenvalue weighted by Gasteiger charge is -2.28. The fraction of sp³-hybridized carbons (Fsp3) is 0.107. The molecule has 0 aliphatic carbocycles. The molecule has 1 unspecified atom stereocenters. The number of fused-ring (bicyclic) bond motifs is 4. The molecule has 0 spiro atoms.